The van der Waals surface area contributed by atoms with Gasteiger partial charge in [-0.15, -0.1) is 0 Å². The van der Waals surface area contributed by atoms with E-state index in [0.717, 1.165) is 15.9 Å². The summed E-state index contributed by atoms with van der Waals surface area (Å²) in [6.07, 6.45) is 2.09. The Kier molecular flexibility index (Phi) is 5.00. The van der Waals surface area contributed by atoms with Crippen molar-refractivity contribution >= 4 is 33.4 Å². The Hall–Kier alpha value is -0.660. The smallest absolute Gasteiger partial charge is 0.100 e. The Bertz CT molecular complexity index is 373. The van der Waals surface area contributed by atoms with Crippen LogP contribution in [-0.4, -0.2) is 18.1 Å². The molecule has 0 heterocycles. The van der Waals surface area contributed by atoms with Gasteiger partial charge < -0.3 is 5.32 Å². The molecule has 0 aliphatic carbocycles. The number of anilines is 1. The second-order valence-corrected chi connectivity index (χ2v) is 5.07. The monoisotopic (exact) mass is 284 g/mol. The lowest BCUT2D eigenvalue weighted by Gasteiger charge is -2.14. The largest absolute Gasteiger partial charge is 0.382 e. The predicted octanol–water partition coefficient (Wildman–Crippen LogP) is 3.48. The number of nitrogens with zero attached hydrogens (tertiary/aromatic N) is 1. The molecule has 0 aliphatic rings. The molecule has 0 saturated heterocycles. The van der Waals surface area contributed by atoms with Crippen molar-refractivity contribution in [1.29, 1.82) is 5.26 Å². The topological polar surface area (TPSA) is 35.8 Å². The van der Waals surface area contributed by atoms with Crippen LogP contribution in [0.25, 0.3) is 0 Å². The average Bonchev–Trinajstić information content (AvgIpc) is 2.18. The van der Waals surface area contributed by atoms with Crippen LogP contribution in [0.15, 0.2) is 22.7 Å². The summed E-state index contributed by atoms with van der Waals surface area (Å²) in [4.78, 5) is 0. The van der Waals surface area contributed by atoms with Gasteiger partial charge in [0.1, 0.15) is 6.07 Å². The van der Waals surface area contributed by atoms with Gasteiger partial charge in [0.2, 0.25) is 0 Å². The van der Waals surface area contributed by atoms with Gasteiger partial charge in [-0.2, -0.15) is 17.0 Å². The second kappa shape index (κ2) is 6.04. The molecule has 1 unspecified atom stereocenters. The van der Waals surface area contributed by atoms with Crippen LogP contribution >= 0.6 is 27.7 Å². The molecule has 1 aromatic carbocycles. The first kappa shape index (κ1) is 12.4. The van der Waals surface area contributed by atoms with Gasteiger partial charge in [0.05, 0.1) is 5.56 Å². The third-order valence-electron chi connectivity index (χ3n) is 1.92. The van der Waals surface area contributed by atoms with Crippen molar-refractivity contribution in [2.45, 2.75) is 13.0 Å². The molecule has 0 amide bonds. The summed E-state index contributed by atoms with van der Waals surface area (Å²) >= 11 is 5.18. The van der Waals surface area contributed by atoms with Gasteiger partial charge in [0, 0.05) is 22.0 Å². The first-order chi connectivity index (χ1) is 7.17. The summed E-state index contributed by atoms with van der Waals surface area (Å²) in [5.74, 6) is 1.07. The molecule has 1 atom stereocenters. The molecule has 0 saturated carbocycles. The first-order valence-corrected chi connectivity index (χ1v) is 6.81. The predicted molar refractivity (Wildman–Crippen MR) is 70.3 cm³/mol. The van der Waals surface area contributed by atoms with Crippen LogP contribution in [0.1, 0.15) is 12.5 Å². The minimum atomic E-state index is 0.430. The van der Waals surface area contributed by atoms with Crippen LogP contribution in [0, 0.1) is 11.3 Å². The third-order valence-corrected chi connectivity index (χ3v) is 3.41. The van der Waals surface area contributed by atoms with Crippen LogP contribution < -0.4 is 5.32 Å². The molecule has 0 fully saturated rings. The van der Waals surface area contributed by atoms with E-state index in [9.17, 15) is 0 Å². The normalized spacial score (nSPS) is 11.9. The van der Waals surface area contributed by atoms with Crippen molar-refractivity contribution < 1.29 is 0 Å². The SMILES string of the molecule is CSCC(C)Nc1ccc(C#N)c(Br)c1. The highest BCUT2D eigenvalue weighted by atomic mass is 79.9. The zero-order valence-electron chi connectivity index (χ0n) is 8.75. The zero-order valence-corrected chi connectivity index (χ0v) is 11.2. The van der Waals surface area contributed by atoms with E-state index in [2.05, 4.69) is 40.5 Å². The Morgan fingerprint density at radius 2 is 2.33 bits per heavy atom. The van der Waals surface area contributed by atoms with Gasteiger partial charge in [-0.25, -0.2) is 0 Å². The van der Waals surface area contributed by atoms with Crippen molar-refractivity contribution in [3.63, 3.8) is 0 Å². The van der Waals surface area contributed by atoms with Crippen molar-refractivity contribution in [3.05, 3.63) is 28.2 Å². The summed E-state index contributed by atoms with van der Waals surface area (Å²) in [6.45, 7) is 2.14. The number of thioether (sulfide) groups is 1. The minimum Gasteiger partial charge on any atom is -0.382 e. The summed E-state index contributed by atoms with van der Waals surface area (Å²) in [5.41, 5.74) is 1.71. The molecule has 0 aromatic heterocycles. The van der Waals surface area contributed by atoms with E-state index >= 15 is 0 Å². The Morgan fingerprint density at radius 1 is 1.60 bits per heavy atom. The lowest BCUT2D eigenvalue weighted by atomic mass is 10.2. The third kappa shape index (κ3) is 3.77. The van der Waals surface area contributed by atoms with E-state index < -0.39 is 0 Å². The fraction of sp³-hybridized carbons (Fsp3) is 0.364. The molecule has 0 bridgehead atoms. The number of hydrogen-bond acceptors (Lipinski definition) is 3. The van der Waals surface area contributed by atoms with Crippen LogP contribution in [-0.2, 0) is 0 Å². The molecule has 1 N–H and O–H groups in total. The molecule has 1 rings (SSSR count). The van der Waals surface area contributed by atoms with E-state index in [1.807, 2.05) is 30.0 Å². The fourth-order valence-electron chi connectivity index (χ4n) is 1.27. The van der Waals surface area contributed by atoms with E-state index in [0.29, 0.717) is 11.6 Å². The van der Waals surface area contributed by atoms with Crippen LogP contribution in [0.2, 0.25) is 0 Å². The highest BCUT2D eigenvalue weighted by molar-refractivity contribution is 9.10. The number of hydrogen-bond donors (Lipinski definition) is 1. The van der Waals surface area contributed by atoms with Gasteiger partial charge in [0.25, 0.3) is 0 Å². The fourth-order valence-corrected chi connectivity index (χ4v) is 2.32. The summed E-state index contributed by atoms with van der Waals surface area (Å²) < 4.78 is 0.839. The van der Waals surface area contributed by atoms with Crippen LogP contribution in [0.3, 0.4) is 0 Å². The van der Waals surface area contributed by atoms with Gasteiger partial charge in [-0.05, 0) is 47.3 Å². The molecule has 2 nitrogen and oxygen atoms in total. The van der Waals surface area contributed by atoms with E-state index in [-0.39, 0.29) is 0 Å². The molecule has 0 spiro atoms. The standard InChI is InChI=1S/C11H13BrN2S/c1-8(7-15-2)14-10-4-3-9(6-13)11(12)5-10/h3-5,8,14H,7H2,1-2H3. The second-order valence-electron chi connectivity index (χ2n) is 3.31. The lowest BCUT2D eigenvalue weighted by molar-refractivity contribution is 0.914. The minimum absolute atomic E-state index is 0.430. The molecule has 15 heavy (non-hydrogen) atoms. The molecule has 1 aromatic rings. The number of nitrogens with one attached hydrogen (secondary N) is 1. The Labute approximate surface area is 103 Å². The quantitative estimate of drug-likeness (QED) is 0.920. The Morgan fingerprint density at radius 3 is 2.87 bits per heavy atom. The average molecular weight is 285 g/mol. The number of nitriles is 1. The van der Waals surface area contributed by atoms with Gasteiger partial charge in [-0.1, -0.05) is 0 Å². The van der Waals surface area contributed by atoms with Crippen molar-refractivity contribution in [3.8, 4) is 6.07 Å². The number of halogens is 1. The van der Waals surface area contributed by atoms with Gasteiger partial charge in [-0.3, -0.25) is 0 Å². The summed E-state index contributed by atoms with van der Waals surface area (Å²) in [5, 5.41) is 12.1. The summed E-state index contributed by atoms with van der Waals surface area (Å²) in [6, 6.07) is 8.24. The van der Waals surface area contributed by atoms with Crippen molar-refractivity contribution in [2.24, 2.45) is 0 Å². The lowest BCUT2D eigenvalue weighted by Crippen LogP contribution is -2.17. The molecule has 0 aliphatic heterocycles. The van der Waals surface area contributed by atoms with Crippen LogP contribution in [0.5, 0.6) is 0 Å². The highest BCUT2D eigenvalue weighted by Crippen LogP contribution is 2.21. The van der Waals surface area contributed by atoms with Crippen molar-refractivity contribution in [2.75, 3.05) is 17.3 Å². The van der Waals surface area contributed by atoms with E-state index in [1.165, 1.54) is 0 Å². The zero-order chi connectivity index (χ0) is 11.3. The Balaban J connectivity index is 2.72. The van der Waals surface area contributed by atoms with Gasteiger partial charge in [0.15, 0.2) is 0 Å². The molecular weight excluding hydrogens is 272 g/mol. The highest BCUT2D eigenvalue weighted by Gasteiger charge is 2.03. The number of benzene rings is 1. The maximum Gasteiger partial charge on any atom is 0.100 e. The molecule has 80 valence electrons. The number of rotatable bonds is 4. The van der Waals surface area contributed by atoms with E-state index in [4.69, 9.17) is 5.26 Å². The van der Waals surface area contributed by atoms with Gasteiger partial charge >= 0.3 is 0 Å². The molecule has 0 radical (unpaired) electrons. The van der Waals surface area contributed by atoms with Crippen LogP contribution in [0.4, 0.5) is 5.69 Å². The first-order valence-electron chi connectivity index (χ1n) is 4.62. The van der Waals surface area contributed by atoms with Crippen molar-refractivity contribution in [1.82, 2.24) is 0 Å². The summed E-state index contributed by atoms with van der Waals surface area (Å²) in [7, 11) is 0. The maximum atomic E-state index is 8.77. The maximum absolute atomic E-state index is 8.77. The molecule has 4 heteroatoms. The molecular formula is C11H13BrN2S. The van der Waals surface area contributed by atoms with E-state index in [1.54, 1.807) is 0 Å².